The Morgan fingerprint density at radius 1 is 1.60 bits per heavy atom. The Bertz CT molecular complexity index is 390. The third kappa shape index (κ3) is 3.75. The second-order valence-electron chi connectivity index (χ2n) is 2.95. The molecule has 0 unspecified atom stereocenters. The van der Waals surface area contributed by atoms with Crippen LogP contribution in [-0.2, 0) is 4.79 Å². The van der Waals surface area contributed by atoms with Crippen LogP contribution in [0.5, 0.6) is 0 Å². The average Bonchev–Trinajstić information content (AvgIpc) is 2.18. The number of hydrogen-bond acceptors (Lipinski definition) is 3. The zero-order chi connectivity index (χ0) is 11.3. The molecule has 15 heavy (non-hydrogen) atoms. The SMILES string of the molecule is CC(=O)SCC=Cc1cccc(F)c1N. The zero-order valence-corrected chi connectivity index (χ0v) is 9.18. The molecule has 0 atom stereocenters. The summed E-state index contributed by atoms with van der Waals surface area (Å²) in [6.45, 7) is 1.51. The number of nitrogens with two attached hydrogens (primary N) is 1. The largest absolute Gasteiger partial charge is 0.396 e. The van der Waals surface area contributed by atoms with E-state index < -0.39 is 5.82 Å². The summed E-state index contributed by atoms with van der Waals surface area (Å²) in [5.41, 5.74) is 6.30. The third-order valence-corrected chi connectivity index (χ3v) is 2.53. The van der Waals surface area contributed by atoms with Crippen molar-refractivity contribution >= 4 is 28.6 Å². The molecule has 0 aliphatic carbocycles. The Balaban J connectivity index is 2.64. The molecule has 0 radical (unpaired) electrons. The van der Waals surface area contributed by atoms with E-state index in [0.717, 1.165) is 0 Å². The minimum atomic E-state index is -0.420. The fraction of sp³-hybridized carbons (Fsp3) is 0.182. The van der Waals surface area contributed by atoms with Gasteiger partial charge in [0.15, 0.2) is 5.12 Å². The molecule has 0 bridgehead atoms. The van der Waals surface area contributed by atoms with Gasteiger partial charge in [-0.2, -0.15) is 0 Å². The first-order valence-corrected chi connectivity index (χ1v) is 5.43. The van der Waals surface area contributed by atoms with E-state index in [9.17, 15) is 9.18 Å². The van der Waals surface area contributed by atoms with Crippen molar-refractivity contribution in [1.82, 2.24) is 0 Å². The lowest BCUT2D eigenvalue weighted by Gasteiger charge is -2.00. The summed E-state index contributed by atoms with van der Waals surface area (Å²) in [6.07, 6.45) is 3.51. The Labute approximate surface area is 92.4 Å². The van der Waals surface area contributed by atoms with Gasteiger partial charge in [0.05, 0.1) is 5.69 Å². The summed E-state index contributed by atoms with van der Waals surface area (Å²) >= 11 is 1.20. The highest BCUT2D eigenvalue weighted by atomic mass is 32.2. The van der Waals surface area contributed by atoms with Crippen LogP contribution in [0.2, 0.25) is 0 Å². The Kier molecular flexibility index (Phi) is 4.37. The van der Waals surface area contributed by atoms with E-state index in [0.29, 0.717) is 11.3 Å². The Morgan fingerprint density at radius 3 is 3.00 bits per heavy atom. The molecule has 0 heterocycles. The van der Waals surface area contributed by atoms with Gasteiger partial charge in [-0.25, -0.2) is 4.39 Å². The van der Waals surface area contributed by atoms with Gasteiger partial charge in [-0.1, -0.05) is 36.0 Å². The summed E-state index contributed by atoms with van der Waals surface area (Å²) in [7, 11) is 0. The monoisotopic (exact) mass is 225 g/mol. The molecule has 80 valence electrons. The molecule has 0 spiro atoms. The number of halogens is 1. The van der Waals surface area contributed by atoms with Crippen molar-refractivity contribution in [1.29, 1.82) is 0 Å². The fourth-order valence-corrected chi connectivity index (χ4v) is 1.47. The van der Waals surface area contributed by atoms with Crippen molar-refractivity contribution < 1.29 is 9.18 Å². The summed E-state index contributed by atoms with van der Waals surface area (Å²) in [6, 6.07) is 4.65. The van der Waals surface area contributed by atoms with E-state index >= 15 is 0 Å². The first kappa shape index (κ1) is 11.8. The Hall–Kier alpha value is -1.29. The van der Waals surface area contributed by atoms with Crippen LogP contribution in [0, 0.1) is 5.82 Å². The predicted octanol–water partition coefficient (Wildman–Crippen LogP) is 2.70. The lowest BCUT2D eigenvalue weighted by Crippen LogP contribution is -1.93. The predicted molar refractivity (Wildman–Crippen MR) is 63.0 cm³/mol. The second-order valence-corrected chi connectivity index (χ2v) is 4.14. The number of anilines is 1. The summed E-state index contributed by atoms with van der Waals surface area (Å²) in [4.78, 5) is 10.6. The van der Waals surface area contributed by atoms with Crippen LogP contribution in [0.4, 0.5) is 10.1 Å². The van der Waals surface area contributed by atoms with Crippen LogP contribution in [-0.4, -0.2) is 10.9 Å². The van der Waals surface area contributed by atoms with Gasteiger partial charge in [-0.05, 0) is 6.07 Å². The molecule has 2 nitrogen and oxygen atoms in total. The molecular weight excluding hydrogens is 213 g/mol. The molecule has 0 aliphatic rings. The minimum absolute atomic E-state index is 0.0619. The standard InChI is InChI=1S/C11H12FNOS/c1-8(14)15-7-3-5-9-4-2-6-10(12)11(9)13/h2-6H,7,13H2,1H3. The van der Waals surface area contributed by atoms with Crippen molar-refractivity contribution in [2.75, 3.05) is 11.5 Å². The van der Waals surface area contributed by atoms with Gasteiger partial charge in [-0.3, -0.25) is 4.79 Å². The number of carbonyl (C=O) groups is 1. The number of hydrogen-bond donors (Lipinski definition) is 1. The number of rotatable bonds is 3. The molecule has 0 amide bonds. The lowest BCUT2D eigenvalue weighted by molar-refractivity contribution is -0.109. The molecule has 0 aliphatic heterocycles. The second kappa shape index (κ2) is 5.56. The van der Waals surface area contributed by atoms with E-state index in [1.54, 1.807) is 24.3 Å². The number of para-hydroxylation sites is 1. The van der Waals surface area contributed by atoms with E-state index in [1.807, 2.05) is 0 Å². The first-order valence-electron chi connectivity index (χ1n) is 4.45. The van der Waals surface area contributed by atoms with Crippen LogP contribution in [0.25, 0.3) is 6.08 Å². The molecular formula is C11H12FNOS. The van der Waals surface area contributed by atoms with Crippen molar-refractivity contribution in [2.45, 2.75) is 6.92 Å². The van der Waals surface area contributed by atoms with E-state index in [-0.39, 0.29) is 10.8 Å². The van der Waals surface area contributed by atoms with Gasteiger partial charge in [0.2, 0.25) is 0 Å². The van der Waals surface area contributed by atoms with Crippen molar-refractivity contribution in [3.05, 3.63) is 35.7 Å². The summed E-state index contributed by atoms with van der Waals surface area (Å²) in [5.74, 6) is 0.155. The van der Waals surface area contributed by atoms with Crippen LogP contribution in [0.15, 0.2) is 24.3 Å². The highest BCUT2D eigenvalue weighted by Crippen LogP contribution is 2.17. The molecule has 0 saturated carbocycles. The average molecular weight is 225 g/mol. The number of thioether (sulfide) groups is 1. The van der Waals surface area contributed by atoms with Crippen molar-refractivity contribution in [3.8, 4) is 0 Å². The molecule has 0 fully saturated rings. The quantitative estimate of drug-likeness (QED) is 0.804. The van der Waals surface area contributed by atoms with Crippen LogP contribution < -0.4 is 5.73 Å². The fourth-order valence-electron chi connectivity index (χ4n) is 1.04. The van der Waals surface area contributed by atoms with Gasteiger partial charge in [0.25, 0.3) is 0 Å². The lowest BCUT2D eigenvalue weighted by atomic mass is 10.1. The van der Waals surface area contributed by atoms with Gasteiger partial charge in [-0.15, -0.1) is 0 Å². The molecule has 2 N–H and O–H groups in total. The highest BCUT2D eigenvalue weighted by Gasteiger charge is 2.00. The van der Waals surface area contributed by atoms with Gasteiger partial charge in [0.1, 0.15) is 5.82 Å². The van der Waals surface area contributed by atoms with Gasteiger partial charge >= 0.3 is 0 Å². The van der Waals surface area contributed by atoms with Gasteiger partial charge in [0, 0.05) is 18.2 Å². The van der Waals surface area contributed by atoms with Crippen molar-refractivity contribution in [3.63, 3.8) is 0 Å². The minimum Gasteiger partial charge on any atom is -0.396 e. The van der Waals surface area contributed by atoms with Gasteiger partial charge < -0.3 is 5.73 Å². The smallest absolute Gasteiger partial charge is 0.186 e. The first-order chi connectivity index (χ1) is 7.11. The van der Waals surface area contributed by atoms with E-state index in [2.05, 4.69) is 0 Å². The normalized spacial score (nSPS) is 10.8. The maximum atomic E-state index is 13.0. The van der Waals surface area contributed by atoms with Crippen molar-refractivity contribution in [2.24, 2.45) is 0 Å². The summed E-state index contributed by atoms with van der Waals surface area (Å²) < 4.78 is 13.0. The molecule has 1 aromatic rings. The van der Waals surface area contributed by atoms with E-state index in [4.69, 9.17) is 5.73 Å². The zero-order valence-electron chi connectivity index (χ0n) is 8.37. The van der Waals surface area contributed by atoms with E-state index in [1.165, 1.54) is 24.8 Å². The topological polar surface area (TPSA) is 43.1 Å². The third-order valence-electron chi connectivity index (χ3n) is 1.77. The Morgan fingerprint density at radius 2 is 2.33 bits per heavy atom. The maximum absolute atomic E-state index is 13.0. The summed E-state index contributed by atoms with van der Waals surface area (Å²) in [5, 5.41) is 0.0619. The highest BCUT2D eigenvalue weighted by molar-refractivity contribution is 8.13. The molecule has 1 rings (SSSR count). The molecule has 4 heteroatoms. The van der Waals surface area contributed by atoms with Crippen LogP contribution >= 0.6 is 11.8 Å². The van der Waals surface area contributed by atoms with Crippen LogP contribution in [0.3, 0.4) is 0 Å². The molecule has 0 saturated heterocycles. The number of carbonyl (C=O) groups excluding carboxylic acids is 1. The molecule has 1 aromatic carbocycles. The molecule has 0 aromatic heterocycles. The number of benzene rings is 1. The number of nitrogen functional groups attached to an aromatic ring is 1. The maximum Gasteiger partial charge on any atom is 0.186 e. The van der Waals surface area contributed by atoms with Crippen LogP contribution in [0.1, 0.15) is 12.5 Å².